The third kappa shape index (κ3) is 5.04. The van der Waals surface area contributed by atoms with Crippen molar-refractivity contribution < 1.29 is 4.42 Å². The first-order chi connectivity index (χ1) is 25.8. The summed E-state index contributed by atoms with van der Waals surface area (Å²) < 4.78 is 6.58. The fourth-order valence-corrected chi connectivity index (χ4v) is 7.78. The van der Waals surface area contributed by atoms with E-state index in [1.54, 1.807) is 0 Å². The van der Waals surface area contributed by atoms with Gasteiger partial charge >= 0.3 is 0 Å². The molecule has 0 fully saturated rings. The molecule has 52 heavy (non-hydrogen) atoms. The first-order valence-corrected chi connectivity index (χ1v) is 17.8. The quantitative estimate of drug-likeness (QED) is 0.165. The number of benzene rings is 9. The van der Waals surface area contributed by atoms with Crippen molar-refractivity contribution >= 4 is 60.5 Å². The molecule has 0 aliphatic rings. The Balaban J connectivity index is 1.13. The summed E-state index contributed by atoms with van der Waals surface area (Å²) >= 11 is 0. The van der Waals surface area contributed by atoms with Crippen LogP contribution in [0.1, 0.15) is 0 Å². The summed E-state index contributed by atoms with van der Waals surface area (Å²) in [6.07, 6.45) is 0. The number of anilines is 3. The van der Waals surface area contributed by atoms with Gasteiger partial charge in [-0.2, -0.15) is 0 Å². The van der Waals surface area contributed by atoms with Gasteiger partial charge in [0, 0.05) is 33.1 Å². The molecule has 1 aromatic heterocycles. The molecule has 0 aliphatic carbocycles. The zero-order valence-corrected chi connectivity index (χ0v) is 28.4. The van der Waals surface area contributed by atoms with E-state index in [-0.39, 0.29) is 0 Å². The maximum absolute atomic E-state index is 6.58. The molecule has 0 aliphatic heterocycles. The van der Waals surface area contributed by atoms with Crippen molar-refractivity contribution in [1.29, 1.82) is 0 Å². The van der Waals surface area contributed by atoms with E-state index in [9.17, 15) is 0 Å². The Hall–Kier alpha value is -6.90. The molecule has 0 bridgehead atoms. The van der Waals surface area contributed by atoms with Gasteiger partial charge in [0.25, 0.3) is 0 Å². The van der Waals surface area contributed by atoms with Gasteiger partial charge in [0.1, 0.15) is 11.2 Å². The smallest absolute Gasteiger partial charge is 0.143 e. The van der Waals surface area contributed by atoms with Gasteiger partial charge in [0.05, 0.1) is 5.69 Å². The fraction of sp³-hybridized carbons (Fsp3) is 0. The van der Waals surface area contributed by atoms with Crippen LogP contribution in [0.3, 0.4) is 0 Å². The van der Waals surface area contributed by atoms with Gasteiger partial charge in [-0.05, 0) is 86.4 Å². The molecule has 10 aromatic rings. The van der Waals surface area contributed by atoms with Crippen molar-refractivity contribution in [3.05, 3.63) is 200 Å². The molecule has 9 aromatic carbocycles. The molecular formula is C50H33NO. The molecule has 0 unspecified atom stereocenters. The number of furan rings is 1. The van der Waals surface area contributed by atoms with E-state index in [1.807, 2.05) is 6.07 Å². The maximum atomic E-state index is 6.58. The summed E-state index contributed by atoms with van der Waals surface area (Å²) in [5, 5.41) is 7.21. The Morgan fingerprint density at radius 2 is 0.885 bits per heavy atom. The third-order valence-corrected chi connectivity index (χ3v) is 10.3. The van der Waals surface area contributed by atoms with Crippen LogP contribution in [0.15, 0.2) is 205 Å². The van der Waals surface area contributed by atoms with E-state index in [0.29, 0.717) is 0 Å². The maximum Gasteiger partial charge on any atom is 0.143 e. The Kier molecular flexibility index (Phi) is 7.18. The van der Waals surface area contributed by atoms with Crippen molar-refractivity contribution in [2.75, 3.05) is 4.90 Å². The predicted octanol–water partition coefficient (Wildman–Crippen LogP) is 14.4. The van der Waals surface area contributed by atoms with E-state index in [0.717, 1.165) is 61.3 Å². The van der Waals surface area contributed by atoms with Gasteiger partial charge in [0.15, 0.2) is 0 Å². The predicted molar refractivity (Wildman–Crippen MR) is 220 cm³/mol. The molecule has 0 radical (unpaired) electrons. The fourth-order valence-electron chi connectivity index (χ4n) is 7.78. The number of nitrogens with zero attached hydrogens (tertiary/aromatic N) is 1. The summed E-state index contributed by atoms with van der Waals surface area (Å²) in [6.45, 7) is 0. The summed E-state index contributed by atoms with van der Waals surface area (Å²) in [4.78, 5) is 2.39. The van der Waals surface area contributed by atoms with Crippen LogP contribution in [0.25, 0.3) is 76.9 Å². The normalized spacial score (nSPS) is 11.5. The van der Waals surface area contributed by atoms with Crippen molar-refractivity contribution in [2.45, 2.75) is 0 Å². The molecular weight excluding hydrogens is 631 g/mol. The summed E-state index contributed by atoms with van der Waals surface area (Å²) in [6, 6.07) is 71.6. The highest BCUT2D eigenvalue weighted by Gasteiger charge is 2.19. The highest BCUT2D eigenvalue weighted by atomic mass is 16.3. The number of hydrogen-bond acceptors (Lipinski definition) is 2. The van der Waals surface area contributed by atoms with Crippen LogP contribution in [0.2, 0.25) is 0 Å². The largest absolute Gasteiger partial charge is 0.455 e. The Bertz CT molecular complexity index is 2870. The third-order valence-electron chi connectivity index (χ3n) is 10.3. The molecule has 0 N–H and O–H groups in total. The molecule has 244 valence electrons. The highest BCUT2D eigenvalue weighted by Crippen LogP contribution is 2.44. The summed E-state index contributed by atoms with van der Waals surface area (Å²) in [7, 11) is 0. The topological polar surface area (TPSA) is 16.4 Å². The van der Waals surface area contributed by atoms with E-state index < -0.39 is 0 Å². The average Bonchev–Trinajstić information content (AvgIpc) is 3.62. The van der Waals surface area contributed by atoms with E-state index >= 15 is 0 Å². The second-order valence-electron chi connectivity index (χ2n) is 13.3. The van der Waals surface area contributed by atoms with Gasteiger partial charge in [-0.25, -0.2) is 0 Å². The lowest BCUT2D eigenvalue weighted by Crippen LogP contribution is -2.10. The number of para-hydroxylation sites is 1. The zero-order chi connectivity index (χ0) is 34.4. The molecule has 2 heteroatoms. The second-order valence-corrected chi connectivity index (χ2v) is 13.3. The Morgan fingerprint density at radius 3 is 1.63 bits per heavy atom. The molecule has 0 amide bonds. The Labute approximate surface area is 302 Å². The van der Waals surface area contributed by atoms with Gasteiger partial charge in [-0.1, -0.05) is 158 Å². The zero-order valence-electron chi connectivity index (χ0n) is 28.4. The molecule has 0 saturated heterocycles. The monoisotopic (exact) mass is 663 g/mol. The molecule has 1 heterocycles. The molecule has 0 spiro atoms. The van der Waals surface area contributed by atoms with Crippen LogP contribution in [0.4, 0.5) is 17.1 Å². The van der Waals surface area contributed by atoms with Crippen molar-refractivity contribution in [3.8, 4) is 33.4 Å². The molecule has 0 atom stereocenters. The number of fused-ring (bicyclic) bond motifs is 6. The van der Waals surface area contributed by atoms with Crippen LogP contribution in [0.5, 0.6) is 0 Å². The standard InChI is InChI=1S/C50H33NO/c1-3-12-34(13-4-1)35-22-27-39(28-23-35)51(47-20-11-19-44-41-17-8-7-16-37(41)26-31-45(44)47)40-29-24-38(25-30-40)42-32-33-43(36-14-5-2-6-15-36)50-49(42)46-18-9-10-21-48(46)52-50/h1-33H. The van der Waals surface area contributed by atoms with Crippen LogP contribution in [-0.2, 0) is 0 Å². The minimum Gasteiger partial charge on any atom is -0.455 e. The van der Waals surface area contributed by atoms with Crippen LogP contribution >= 0.6 is 0 Å². The molecule has 10 rings (SSSR count). The highest BCUT2D eigenvalue weighted by molar-refractivity contribution is 6.16. The summed E-state index contributed by atoms with van der Waals surface area (Å²) in [5.74, 6) is 0. The minimum atomic E-state index is 0.896. The van der Waals surface area contributed by atoms with Crippen LogP contribution in [-0.4, -0.2) is 0 Å². The first-order valence-electron chi connectivity index (χ1n) is 17.8. The van der Waals surface area contributed by atoms with E-state index in [2.05, 4.69) is 199 Å². The van der Waals surface area contributed by atoms with Crippen molar-refractivity contribution in [2.24, 2.45) is 0 Å². The molecule has 2 nitrogen and oxygen atoms in total. The van der Waals surface area contributed by atoms with Gasteiger partial charge in [-0.15, -0.1) is 0 Å². The lowest BCUT2D eigenvalue weighted by molar-refractivity contribution is 0.670. The number of hydrogen-bond donors (Lipinski definition) is 0. The summed E-state index contributed by atoms with van der Waals surface area (Å²) in [5.41, 5.74) is 12.1. The molecule has 0 saturated carbocycles. The second kappa shape index (κ2) is 12.5. The van der Waals surface area contributed by atoms with Crippen molar-refractivity contribution in [3.63, 3.8) is 0 Å². The lowest BCUT2D eigenvalue weighted by Gasteiger charge is -2.27. The average molecular weight is 664 g/mol. The van der Waals surface area contributed by atoms with Crippen molar-refractivity contribution in [1.82, 2.24) is 0 Å². The SMILES string of the molecule is c1ccc(-c2ccc(N(c3ccc(-c4ccc(-c5ccccc5)c5oc6ccccc6c45)cc3)c3cccc4c3ccc3ccccc34)cc2)cc1. The van der Waals surface area contributed by atoms with E-state index in [1.165, 1.54) is 32.7 Å². The van der Waals surface area contributed by atoms with Crippen LogP contribution in [0, 0.1) is 0 Å². The van der Waals surface area contributed by atoms with Gasteiger partial charge in [-0.3, -0.25) is 0 Å². The minimum absolute atomic E-state index is 0.896. The van der Waals surface area contributed by atoms with Gasteiger partial charge in [0.2, 0.25) is 0 Å². The number of rotatable bonds is 6. The van der Waals surface area contributed by atoms with Crippen LogP contribution < -0.4 is 4.90 Å². The lowest BCUT2D eigenvalue weighted by atomic mass is 9.94. The van der Waals surface area contributed by atoms with E-state index in [4.69, 9.17) is 4.42 Å². The Morgan fingerprint density at radius 1 is 0.327 bits per heavy atom. The van der Waals surface area contributed by atoms with Gasteiger partial charge < -0.3 is 9.32 Å². The first kappa shape index (κ1) is 30.0.